The topological polar surface area (TPSA) is 106 Å². The van der Waals surface area contributed by atoms with Crippen LogP contribution in [0.2, 0.25) is 0 Å². The van der Waals surface area contributed by atoms with E-state index in [4.69, 9.17) is 10.2 Å². The second-order valence-corrected chi connectivity index (χ2v) is 6.08. The summed E-state index contributed by atoms with van der Waals surface area (Å²) in [5.41, 5.74) is 5.76. The highest BCUT2D eigenvalue weighted by molar-refractivity contribution is 5.97. The molecule has 0 aromatic carbocycles. The van der Waals surface area contributed by atoms with Crippen LogP contribution in [-0.2, 0) is 9.59 Å². The Labute approximate surface area is 135 Å². The summed E-state index contributed by atoms with van der Waals surface area (Å²) in [5.74, 6) is -0.0909. The molecule has 2 rings (SSSR count). The van der Waals surface area contributed by atoms with Gasteiger partial charge in [-0.1, -0.05) is 0 Å². The fourth-order valence-corrected chi connectivity index (χ4v) is 2.90. The molecule has 7 nitrogen and oxygen atoms in total. The van der Waals surface area contributed by atoms with E-state index in [-0.39, 0.29) is 36.2 Å². The summed E-state index contributed by atoms with van der Waals surface area (Å²) in [6.07, 6.45) is 1.42. The Kier molecular flexibility index (Phi) is 5.08. The van der Waals surface area contributed by atoms with Crippen LogP contribution >= 0.6 is 0 Å². The number of carbonyl (C=O) groups is 3. The molecule has 1 fully saturated rings. The number of likely N-dealkylation sites (tertiary alicyclic amines) is 1. The van der Waals surface area contributed by atoms with E-state index in [2.05, 4.69) is 5.32 Å². The number of nitrogens with two attached hydrogens (primary N) is 1. The monoisotopic (exact) mass is 321 g/mol. The van der Waals surface area contributed by atoms with Gasteiger partial charge in [-0.25, -0.2) is 0 Å². The van der Waals surface area contributed by atoms with Gasteiger partial charge in [-0.05, 0) is 39.7 Å². The molecule has 2 unspecified atom stereocenters. The predicted molar refractivity (Wildman–Crippen MR) is 83.6 cm³/mol. The van der Waals surface area contributed by atoms with Crippen molar-refractivity contribution in [3.05, 3.63) is 23.2 Å². The molecule has 3 amide bonds. The minimum absolute atomic E-state index is 0.0351. The van der Waals surface area contributed by atoms with Crippen LogP contribution in [0.15, 0.2) is 10.5 Å². The molecule has 0 aliphatic carbocycles. The summed E-state index contributed by atoms with van der Waals surface area (Å²) in [6.45, 7) is 5.59. The van der Waals surface area contributed by atoms with Gasteiger partial charge in [0, 0.05) is 12.6 Å². The van der Waals surface area contributed by atoms with Gasteiger partial charge in [-0.3, -0.25) is 14.4 Å². The van der Waals surface area contributed by atoms with Gasteiger partial charge >= 0.3 is 0 Å². The number of carbonyl (C=O) groups excluding carboxylic acids is 3. The number of hydrogen-bond acceptors (Lipinski definition) is 4. The number of primary amides is 1. The molecule has 3 N–H and O–H groups in total. The Morgan fingerprint density at radius 1 is 1.35 bits per heavy atom. The van der Waals surface area contributed by atoms with Gasteiger partial charge in [0.05, 0.1) is 18.0 Å². The molecule has 2 heterocycles. The van der Waals surface area contributed by atoms with Crippen molar-refractivity contribution in [2.75, 3.05) is 13.1 Å². The van der Waals surface area contributed by atoms with Crippen LogP contribution in [0.1, 0.15) is 41.6 Å². The van der Waals surface area contributed by atoms with Crippen molar-refractivity contribution >= 4 is 17.7 Å². The highest BCUT2D eigenvalue weighted by Gasteiger charge is 2.31. The third-order valence-electron chi connectivity index (χ3n) is 4.29. The van der Waals surface area contributed by atoms with E-state index >= 15 is 0 Å². The van der Waals surface area contributed by atoms with Gasteiger partial charge < -0.3 is 20.4 Å². The van der Waals surface area contributed by atoms with Gasteiger partial charge in [0.15, 0.2) is 0 Å². The summed E-state index contributed by atoms with van der Waals surface area (Å²) < 4.78 is 5.31. The average molecular weight is 321 g/mol. The van der Waals surface area contributed by atoms with E-state index in [1.807, 2.05) is 6.92 Å². The second-order valence-electron chi connectivity index (χ2n) is 6.08. The molecule has 1 aromatic heterocycles. The van der Waals surface area contributed by atoms with Crippen LogP contribution in [0.4, 0.5) is 0 Å². The first kappa shape index (κ1) is 17.1. The molecule has 0 radical (unpaired) electrons. The largest absolute Gasteiger partial charge is 0.466 e. The standard InChI is InChI=1S/C16H23N3O4/c1-9-4-5-12(15(17)21)8-19(9)14(20)7-18-16(22)13-6-10(2)23-11(13)3/h6,9,12H,4-5,7-8H2,1-3H3,(H2,17,21)(H,18,22). The van der Waals surface area contributed by atoms with Gasteiger partial charge in [0.1, 0.15) is 11.5 Å². The van der Waals surface area contributed by atoms with Crippen molar-refractivity contribution in [3.63, 3.8) is 0 Å². The third-order valence-corrected chi connectivity index (χ3v) is 4.29. The van der Waals surface area contributed by atoms with E-state index in [0.29, 0.717) is 30.0 Å². The lowest BCUT2D eigenvalue weighted by molar-refractivity contribution is -0.136. The molecule has 1 aliphatic rings. The number of piperidine rings is 1. The zero-order valence-electron chi connectivity index (χ0n) is 13.7. The Morgan fingerprint density at radius 3 is 2.61 bits per heavy atom. The normalized spacial score (nSPS) is 21.1. The molecule has 2 atom stereocenters. The van der Waals surface area contributed by atoms with Crippen molar-refractivity contribution in [2.45, 2.75) is 39.7 Å². The van der Waals surface area contributed by atoms with Crippen LogP contribution in [0, 0.1) is 19.8 Å². The minimum atomic E-state index is -0.386. The van der Waals surface area contributed by atoms with Crippen LogP contribution in [0.5, 0.6) is 0 Å². The number of furan rings is 1. The molecule has 0 saturated carbocycles. The van der Waals surface area contributed by atoms with Crippen molar-refractivity contribution < 1.29 is 18.8 Å². The number of amides is 3. The van der Waals surface area contributed by atoms with Crippen LogP contribution < -0.4 is 11.1 Å². The van der Waals surface area contributed by atoms with Gasteiger partial charge in [0.2, 0.25) is 11.8 Å². The Bertz CT molecular complexity index is 623. The fourth-order valence-electron chi connectivity index (χ4n) is 2.90. The highest BCUT2D eigenvalue weighted by Crippen LogP contribution is 2.21. The van der Waals surface area contributed by atoms with E-state index < -0.39 is 0 Å². The summed E-state index contributed by atoms with van der Waals surface area (Å²) >= 11 is 0. The number of nitrogens with one attached hydrogen (secondary N) is 1. The lowest BCUT2D eigenvalue weighted by Gasteiger charge is -2.37. The summed E-state index contributed by atoms with van der Waals surface area (Å²) in [5, 5.41) is 2.61. The number of aryl methyl sites for hydroxylation is 2. The Morgan fingerprint density at radius 2 is 2.04 bits per heavy atom. The minimum Gasteiger partial charge on any atom is -0.466 e. The molecule has 7 heteroatoms. The first-order valence-corrected chi connectivity index (χ1v) is 7.73. The quantitative estimate of drug-likeness (QED) is 0.853. The Balaban J connectivity index is 1.94. The molecule has 0 bridgehead atoms. The first-order chi connectivity index (χ1) is 10.8. The smallest absolute Gasteiger partial charge is 0.255 e. The zero-order valence-corrected chi connectivity index (χ0v) is 13.7. The third kappa shape index (κ3) is 3.91. The van der Waals surface area contributed by atoms with Gasteiger partial charge in [-0.15, -0.1) is 0 Å². The van der Waals surface area contributed by atoms with Crippen LogP contribution in [-0.4, -0.2) is 41.8 Å². The van der Waals surface area contributed by atoms with Crippen LogP contribution in [0.25, 0.3) is 0 Å². The number of hydrogen-bond donors (Lipinski definition) is 2. The summed E-state index contributed by atoms with van der Waals surface area (Å²) in [7, 11) is 0. The first-order valence-electron chi connectivity index (χ1n) is 7.73. The molecule has 23 heavy (non-hydrogen) atoms. The van der Waals surface area contributed by atoms with E-state index in [9.17, 15) is 14.4 Å². The van der Waals surface area contributed by atoms with Crippen LogP contribution in [0.3, 0.4) is 0 Å². The lowest BCUT2D eigenvalue weighted by Crippen LogP contribution is -2.51. The molecule has 1 saturated heterocycles. The molecular formula is C16H23N3O4. The fraction of sp³-hybridized carbons (Fsp3) is 0.562. The average Bonchev–Trinajstić information content (AvgIpc) is 2.83. The maximum absolute atomic E-state index is 12.3. The Hall–Kier alpha value is -2.31. The van der Waals surface area contributed by atoms with Gasteiger partial charge in [0.25, 0.3) is 5.91 Å². The number of rotatable bonds is 4. The van der Waals surface area contributed by atoms with Crippen molar-refractivity contribution in [2.24, 2.45) is 11.7 Å². The number of nitrogens with zero attached hydrogens (tertiary/aromatic N) is 1. The maximum Gasteiger partial charge on any atom is 0.255 e. The zero-order chi connectivity index (χ0) is 17.1. The molecule has 126 valence electrons. The predicted octanol–water partition coefficient (Wildman–Crippen LogP) is 0.739. The SMILES string of the molecule is Cc1cc(C(=O)NCC(=O)N2CC(C(N)=O)CCC2C)c(C)o1. The highest BCUT2D eigenvalue weighted by atomic mass is 16.3. The molecule has 0 spiro atoms. The maximum atomic E-state index is 12.3. The van der Waals surface area contributed by atoms with Crippen molar-refractivity contribution in [1.82, 2.24) is 10.2 Å². The molecule has 1 aromatic rings. The van der Waals surface area contributed by atoms with Crippen molar-refractivity contribution in [1.29, 1.82) is 0 Å². The van der Waals surface area contributed by atoms with E-state index in [0.717, 1.165) is 6.42 Å². The second kappa shape index (κ2) is 6.85. The van der Waals surface area contributed by atoms with E-state index in [1.165, 1.54) is 0 Å². The lowest BCUT2D eigenvalue weighted by atomic mass is 9.93. The summed E-state index contributed by atoms with van der Waals surface area (Å²) in [4.78, 5) is 37.4. The van der Waals surface area contributed by atoms with E-state index in [1.54, 1.807) is 24.8 Å². The summed E-state index contributed by atoms with van der Waals surface area (Å²) in [6, 6.07) is 1.68. The molecule has 1 aliphatic heterocycles. The molecular weight excluding hydrogens is 298 g/mol. The van der Waals surface area contributed by atoms with Crippen molar-refractivity contribution in [3.8, 4) is 0 Å². The van der Waals surface area contributed by atoms with Gasteiger partial charge in [-0.2, -0.15) is 0 Å².